The van der Waals surface area contributed by atoms with Crippen molar-refractivity contribution in [1.82, 2.24) is 13.9 Å². The summed E-state index contributed by atoms with van der Waals surface area (Å²) < 4.78 is 7.55. The van der Waals surface area contributed by atoms with Crippen LogP contribution < -0.4 is 11.4 Å². The molecule has 0 N–H and O–H groups in total. The molecule has 140 valence electrons. The number of aromatic nitrogens is 3. The van der Waals surface area contributed by atoms with Crippen LogP contribution in [0.15, 0.2) is 39.9 Å². The van der Waals surface area contributed by atoms with E-state index in [0.29, 0.717) is 17.5 Å². The molecule has 2 aliphatic heterocycles. The molecule has 0 unspecified atom stereocenters. The molecule has 2 bridgehead atoms. The van der Waals surface area contributed by atoms with E-state index in [9.17, 15) is 9.59 Å². The molecular formula is C20H19I2N3O2. The molecule has 5 nitrogen and oxygen atoms in total. The molecular weight excluding hydrogens is 568 g/mol. The Bertz CT molecular complexity index is 1050. The minimum Gasteiger partial charge on any atom is -0.245 e. The average Bonchev–Trinajstić information content (AvgIpc) is 3.40. The number of rotatable bonds is 5. The highest BCUT2D eigenvalue weighted by Crippen LogP contribution is 3.03. The van der Waals surface area contributed by atoms with Crippen molar-refractivity contribution in [2.75, 3.05) is 8.86 Å². The Kier molecular flexibility index (Phi) is 2.86. The average molecular weight is 587 g/mol. The standard InChI is InChI=1S/C20H19I2N3O2/c21-8-6-19-14-11-12-13(11)16(20(14,19)7-9-22)25-18(27)23(10-4-2-1-3-5-10)17(26)24(25)15(12)19/h1-5,11-16H,6-9H2/t11?,12-,13-,14?,15-,16-,19+,20+/m0/s1. The first-order valence-electron chi connectivity index (χ1n) is 9.80. The Morgan fingerprint density at radius 1 is 0.815 bits per heavy atom. The maximum atomic E-state index is 13.5. The Hall–Kier alpha value is -0.580. The maximum absolute atomic E-state index is 13.5. The second kappa shape index (κ2) is 4.76. The molecule has 6 atom stereocenters. The Labute approximate surface area is 183 Å². The normalized spacial score (nSPS) is 45.9. The third-order valence-electron chi connectivity index (χ3n) is 8.82. The van der Waals surface area contributed by atoms with Crippen LogP contribution in [0.4, 0.5) is 0 Å². The van der Waals surface area contributed by atoms with E-state index in [1.807, 2.05) is 39.7 Å². The van der Waals surface area contributed by atoms with Gasteiger partial charge < -0.3 is 0 Å². The number of hydrogen-bond acceptors (Lipinski definition) is 2. The van der Waals surface area contributed by atoms with Gasteiger partial charge in [-0.1, -0.05) is 63.4 Å². The molecule has 8 rings (SSSR count). The lowest BCUT2D eigenvalue weighted by atomic mass is 9.69. The maximum Gasteiger partial charge on any atom is 0.352 e. The summed E-state index contributed by atoms with van der Waals surface area (Å²) in [7, 11) is 0. The van der Waals surface area contributed by atoms with Gasteiger partial charge in [0.1, 0.15) is 0 Å². The molecule has 1 aromatic carbocycles. The van der Waals surface area contributed by atoms with Crippen molar-refractivity contribution in [3.63, 3.8) is 0 Å². The topological polar surface area (TPSA) is 48.9 Å². The number of hydrogen-bond donors (Lipinski definition) is 0. The summed E-state index contributed by atoms with van der Waals surface area (Å²) in [4.78, 5) is 26.9. The fraction of sp³-hybridized carbons (Fsp3) is 0.600. The third kappa shape index (κ3) is 1.38. The number of nitrogens with zero attached hydrogens (tertiary/aromatic N) is 3. The van der Waals surface area contributed by atoms with Crippen LogP contribution in [0.5, 0.6) is 0 Å². The largest absolute Gasteiger partial charge is 0.352 e. The minimum absolute atomic E-state index is 0.117. The molecule has 0 amide bonds. The molecule has 1 aromatic heterocycles. The zero-order chi connectivity index (χ0) is 18.3. The van der Waals surface area contributed by atoms with Gasteiger partial charge in [-0.2, -0.15) is 0 Å². The van der Waals surface area contributed by atoms with Crippen LogP contribution in [-0.4, -0.2) is 22.8 Å². The summed E-state index contributed by atoms with van der Waals surface area (Å²) in [6.45, 7) is 0. The molecule has 4 fully saturated rings. The van der Waals surface area contributed by atoms with Crippen LogP contribution in [0.2, 0.25) is 0 Å². The second-order valence-electron chi connectivity index (χ2n) is 8.98. The molecule has 4 aliphatic carbocycles. The zero-order valence-electron chi connectivity index (χ0n) is 14.6. The van der Waals surface area contributed by atoms with Crippen molar-refractivity contribution in [2.24, 2.45) is 34.5 Å². The fourth-order valence-electron chi connectivity index (χ4n) is 8.57. The molecule has 0 saturated heterocycles. The fourth-order valence-corrected chi connectivity index (χ4v) is 10.4. The first-order valence-corrected chi connectivity index (χ1v) is 12.9. The third-order valence-corrected chi connectivity index (χ3v) is 9.90. The predicted octanol–water partition coefficient (Wildman–Crippen LogP) is 3.04. The van der Waals surface area contributed by atoms with E-state index in [0.717, 1.165) is 20.7 Å². The van der Waals surface area contributed by atoms with Gasteiger partial charge in [-0.25, -0.2) is 23.5 Å². The number of para-hydroxylation sites is 1. The molecule has 27 heavy (non-hydrogen) atoms. The van der Waals surface area contributed by atoms with Gasteiger partial charge >= 0.3 is 11.4 Å². The second-order valence-corrected chi connectivity index (χ2v) is 11.1. The quantitative estimate of drug-likeness (QED) is 0.400. The van der Waals surface area contributed by atoms with Crippen LogP contribution in [0.1, 0.15) is 24.9 Å². The van der Waals surface area contributed by atoms with E-state index in [-0.39, 0.29) is 34.3 Å². The Morgan fingerprint density at radius 3 is 1.81 bits per heavy atom. The monoisotopic (exact) mass is 587 g/mol. The smallest absolute Gasteiger partial charge is 0.245 e. The first-order chi connectivity index (χ1) is 13.2. The summed E-state index contributed by atoms with van der Waals surface area (Å²) >= 11 is 5.01. The van der Waals surface area contributed by atoms with Gasteiger partial charge in [0.15, 0.2) is 0 Å². The van der Waals surface area contributed by atoms with Gasteiger partial charge in [0.05, 0.1) is 17.8 Å². The lowest BCUT2D eigenvalue weighted by Crippen LogP contribution is -2.53. The molecule has 3 heterocycles. The molecule has 4 saturated carbocycles. The highest BCUT2D eigenvalue weighted by Gasteiger charge is 3.02. The van der Waals surface area contributed by atoms with E-state index in [4.69, 9.17) is 0 Å². The van der Waals surface area contributed by atoms with Crippen LogP contribution in [0.25, 0.3) is 5.69 Å². The van der Waals surface area contributed by atoms with E-state index in [2.05, 4.69) is 45.2 Å². The van der Waals surface area contributed by atoms with Gasteiger partial charge in [0, 0.05) is 19.7 Å². The van der Waals surface area contributed by atoms with Crippen molar-refractivity contribution in [3.8, 4) is 5.69 Å². The lowest BCUT2D eigenvalue weighted by molar-refractivity contribution is -0.00254. The Balaban J connectivity index is 1.52. The number of alkyl halides is 2. The highest BCUT2D eigenvalue weighted by atomic mass is 127. The molecule has 6 aliphatic rings. The van der Waals surface area contributed by atoms with Crippen LogP contribution >= 0.6 is 45.2 Å². The van der Waals surface area contributed by atoms with E-state index in [1.54, 1.807) is 0 Å². The molecule has 0 radical (unpaired) electrons. The van der Waals surface area contributed by atoms with E-state index < -0.39 is 0 Å². The van der Waals surface area contributed by atoms with Crippen molar-refractivity contribution in [2.45, 2.75) is 24.9 Å². The van der Waals surface area contributed by atoms with E-state index in [1.165, 1.54) is 17.4 Å². The molecule has 2 aromatic rings. The van der Waals surface area contributed by atoms with Gasteiger partial charge in [0.2, 0.25) is 0 Å². The minimum atomic E-state index is -0.117. The number of halogens is 2. The first kappa shape index (κ1) is 16.2. The van der Waals surface area contributed by atoms with Crippen molar-refractivity contribution >= 4 is 45.2 Å². The molecule has 0 spiro atoms. The van der Waals surface area contributed by atoms with Crippen molar-refractivity contribution < 1.29 is 0 Å². The summed E-state index contributed by atoms with van der Waals surface area (Å²) in [6.07, 6.45) is 2.40. The Morgan fingerprint density at radius 2 is 1.33 bits per heavy atom. The highest BCUT2D eigenvalue weighted by molar-refractivity contribution is 14.1. The van der Waals surface area contributed by atoms with E-state index >= 15 is 0 Å². The van der Waals surface area contributed by atoms with Gasteiger partial charge in [-0.05, 0) is 48.6 Å². The SMILES string of the molecule is O=c1n(-c2ccccc2)c(=O)n2n1[C@H]1[C@H]3C4C5[C@@]1(CCI)[C@@]5(CCI)[C@@H]2[C@@H]43. The van der Waals surface area contributed by atoms with Crippen LogP contribution in [0.3, 0.4) is 0 Å². The predicted molar refractivity (Wildman–Crippen MR) is 118 cm³/mol. The summed E-state index contributed by atoms with van der Waals surface area (Å²) in [5.74, 6) is 2.85. The summed E-state index contributed by atoms with van der Waals surface area (Å²) in [5, 5.41) is 0. The van der Waals surface area contributed by atoms with Crippen LogP contribution in [-0.2, 0) is 0 Å². The molecule has 7 heteroatoms. The number of benzene rings is 1. The van der Waals surface area contributed by atoms with Crippen LogP contribution in [0, 0.1) is 34.5 Å². The summed E-state index contributed by atoms with van der Waals surface area (Å²) in [6, 6.07) is 9.95. The van der Waals surface area contributed by atoms with Gasteiger partial charge in [0.25, 0.3) is 0 Å². The summed E-state index contributed by atoms with van der Waals surface area (Å²) in [5.41, 5.74) is 1.03. The zero-order valence-corrected chi connectivity index (χ0v) is 18.9. The van der Waals surface area contributed by atoms with Crippen molar-refractivity contribution in [3.05, 3.63) is 51.3 Å². The van der Waals surface area contributed by atoms with Crippen molar-refractivity contribution in [1.29, 1.82) is 0 Å². The lowest BCUT2D eigenvalue weighted by Gasteiger charge is -2.48. The van der Waals surface area contributed by atoms with Gasteiger partial charge in [-0.3, -0.25) is 0 Å². The van der Waals surface area contributed by atoms with Gasteiger partial charge in [-0.15, -0.1) is 0 Å².